The van der Waals surface area contributed by atoms with Gasteiger partial charge in [-0.05, 0) is 31.0 Å². The second-order valence-corrected chi connectivity index (χ2v) is 11.0. The second kappa shape index (κ2) is 8.78. The monoisotopic (exact) mass is 494 g/mol. The highest BCUT2D eigenvalue weighted by atomic mass is 35.5. The van der Waals surface area contributed by atoms with Crippen LogP contribution in [0.5, 0.6) is 0 Å². The molecule has 0 aliphatic heterocycles. The van der Waals surface area contributed by atoms with Crippen LogP contribution >= 0.6 is 11.6 Å². The van der Waals surface area contributed by atoms with E-state index in [1.807, 2.05) is 0 Å². The number of benzene rings is 1. The van der Waals surface area contributed by atoms with Crippen LogP contribution < -0.4 is 0 Å². The lowest BCUT2D eigenvalue weighted by molar-refractivity contribution is 0.212. The molecular formula is C16H20ClFN6O5S2. The summed E-state index contributed by atoms with van der Waals surface area (Å²) in [7, 11) is -4.57. The van der Waals surface area contributed by atoms with Gasteiger partial charge in [-0.3, -0.25) is 0 Å². The molecule has 15 heteroatoms. The number of oxime groups is 1. The third kappa shape index (κ3) is 4.87. The molecule has 2 aromatic rings. The molecule has 3 rings (SSSR count). The number of hydrogen-bond donors (Lipinski definition) is 0. The maximum Gasteiger partial charge on any atom is 0.323 e. The number of rotatable bonds is 9. The average Bonchev–Trinajstić information content (AvgIpc) is 3.38. The van der Waals surface area contributed by atoms with Crippen LogP contribution in [-0.2, 0) is 25.1 Å². The van der Waals surface area contributed by atoms with Gasteiger partial charge in [0.15, 0.2) is 0 Å². The molecule has 1 saturated carbocycles. The number of halogens is 2. The van der Waals surface area contributed by atoms with Gasteiger partial charge in [0, 0.05) is 30.7 Å². The molecule has 1 aromatic heterocycles. The highest BCUT2D eigenvalue weighted by Crippen LogP contribution is 2.32. The van der Waals surface area contributed by atoms with Gasteiger partial charge in [-0.1, -0.05) is 16.8 Å². The summed E-state index contributed by atoms with van der Waals surface area (Å²) in [4.78, 5) is 8.46. The number of sulfonamides is 1. The maximum atomic E-state index is 14.4. The molecular weight excluding hydrogens is 475 g/mol. The molecule has 1 heterocycles. The van der Waals surface area contributed by atoms with Crippen molar-refractivity contribution in [2.75, 3.05) is 27.7 Å². The lowest BCUT2D eigenvalue weighted by Crippen LogP contribution is -2.39. The molecule has 31 heavy (non-hydrogen) atoms. The second-order valence-electron chi connectivity index (χ2n) is 6.82. The van der Waals surface area contributed by atoms with Gasteiger partial charge < -0.3 is 4.84 Å². The fourth-order valence-corrected chi connectivity index (χ4v) is 5.02. The SMILES string of the molecule is CO/N=C(\CN(C1CC1)S(=O)(=O)c1ncn(S(=O)(=O)N(C)C)n1)c1ccc(Cl)cc1F. The average molecular weight is 495 g/mol. The van der Waals surface area contributed by atoms with E-state index in [1.165, 1.54) is 33.3 Å². The van der Waals surface area contributed by atoms with Crippen LogP contribution in [-0.4, -0.2) is 79.1 Å². The number of hydrogen-bond acceptors (Lipinski definition) is 8. The van der Waals surface area contributed by atoms with Gasteiger partial charge >= 0.3 is 10.2 Å². The summed E-state index contributed by atoms with van der Waals surface area (Å²) in [6.45, 7) is -0.339. The van der Waals surface area contributed by atoms with Crippen LogP contribution in [0, 0.1) is 5.82 Å². The predicted octanol–water partition coefficient (Wildman–Crippen LogP) is 0.929. The van der Waals surface area contributed by atoms with Gasteiger partial charge in [-0.15, -0.1) is 9.19 Å². The predicted molar refractivity (Wildman–Crippen MR) is 110 cm³/mol. The van der Waals surface area contributed by atoms with Crippen LogP contribution in [0.25, 0.3) is 0 Å². The maximum absolute atomic E-state index is 14.4. The van der Waals surface area contributed by atoms with E-state index in [2.05, 4.69) is 15.2 Å². The first kappa shape index (κ1) is 23.5. The molecule has 0 amide bonds. The molecule has 1 aliphatic rings. The van der Waals surface area contributed by atoms with E-state index in [0.29, 0.717) is 16.9 Å². The molecule has 11 nitrogen and oxygen atoms in total. The van der Waals surface area contributed by atoms with Crippen molar-refractivity contribution < 1.29 is 26.1 Å². The van der Waals surface area contributed by atoms with E-state index < -0.39 is 31.2 Å². The van der Waals surface area contributed by atoms with Crippen molar-refractivity contribution in [1.82, 2.24) is 22.8 Å². The summed E-state index contributed by atoms with van der Waals surface area (Å²) in [5.74, 6) is -0.698. The van der Waals surface area contributed by atoms with Crippen molar-refractivity contribution in [3.05, 3.63) is 40.9 Å². The van der Waals surface area contributed by atoms with E-state index in [0.717, 1.165) is 21.0 Å². The molecule has 0 saturated heterocycles. The van der Waals surface area contributed by atoms with E-state index in [-0.39, 0.29) is 28.9 Å². The van der Waals surface area contributed by atoms with E-state index in [4.69, 9.17) is 16.4 Å². The topological polar surface area (TPSA) is 127 Å². The van der Waals surface area contributed by atoms with E-state index in [1.54, 1.807) is 0 Å². The molecule has 170 valence electrons. The Labute approximate surface area is 184 Å². The first-order valence-corrected chi connectivity index (χ1v) is 12.1. The van der Waals surface area contributed by atoms with Gasteiger partial charge in [0.05, 0.1) is 6.54 Å². The minimum Gasteiger partial charge on any atom is -0.399 e. The Morgan fingerprint density at radius 1 is 1.32 bits per heavy atom. The summed E-state index contributed by atoms with van der Waals surface area (Å²) >= 11 is 5.79. The molecule has 0 N–H and O–H groups in total. The fourth-order valence-electron chi connectivity index (χ4n) is 2.65. The first-order chi connectivity index (χ1) is 14.5. The molecule has 0 unspecified atom stereocenters. The summed E-state index contributed by atoms with van der Waals surface area (Å²) < 4.78 is 67.6. The van der Waals surface area contributed by atoms with Gasteiger partial charge in [-0.2, -0.15) is 17.0 Å². The van der Waals surface area contributed by atoms with Gasteiger partial charge in [-0.25, -0.2) is 17.8 Å². The lowest BCUT2D eigenvalue weighted by atomic mass is 10.1. The Hall–Kier alpha value is -2.13. The van der Waals surface area contributed by atoms with Gasteiger partial charge in [0.25, 0.3) is 15.2 Å². The molecule has 0 bridgehead atoms. The van der Waals surface area contributed by atoms with Crippen molar-refractivity contribution in [1.29, 1.82) is 0 Å². The Balaban J connectivity index is 1.98. The minimum absolute atomic E-state index is 0.00693. The number of aromatic nitrogens is 3. The van der Waals surface area contributed by atoms with Crippen LogP contribution in [0.1, 0.15) is 18.4 Å². The highest BCUT2D eigenvalue weighted by Gasteiger charge is 2.41. The molecule has 0 atom stereocenters. The molecule has 1 aliphatic carbocycles. The quantitative estimate of drug-likeness (QED) is 0.374. The minimum atomic E-state index is -4.32. The smallest absolute Gasteiger partial charge is 0.323 e. The Morgan fingerprint density at radius 3 is 2.55 bits per heavy atom. The summed E-state index contributed by atoms with van der Waals surface area (Å²) in [6.07, 6.45) is 1.94. The van der Waals surface area contributed by atoms with Gasteiger partial charge in [0.2, 0.25) is 0 Å². The molecule has 0 spiro atoms. The molecule has 1 aromatic carbocycles. The van der Waals surface area contributed by atoms with Crippen molar-refractivity contribution in [3.63, 3.8) is 0 Å². The zero-order valence-electron chi connectivity index (χ0n) is 16.8. The lowest BCUT2D eigenvalue weighted by Gasteiger charge is -2.21. The third-order valence-electron chi connectivity index (χ3n) is 4.39. The summed E-state index contributed by atoms with van der Waals surface area (Å²) in [5.41, 5.74) is 0.0215. The standard InChI is InChI=1S/C16H20ClFN6O5S2/c1-22(2)31(27,28)24-10-19-16(20-24)30(25,26)23(12-5-6-12)9-15(21-29-3)13-7-4-11(17)8-14(13)18/h4,7-8,10,12H,5-6,9H2,1-3H3/b21-15+. The van der Waals surface area contributed by atoms with Crippen molar-refractivity contribution in [3.8, 4) is 0 Å². The summed E-state index contributed by atoms with van der Waals surface area (Å²) in [5, 5.41) is 6.91. The van der Waals surface area contributed by atoms with Crippen molar-refractivity contribution >= 4 is 37.5 Å². The Morgan fingerprint density at radius 2 is 2.00 bits per heavy atom. The van der Waals surface area contributed by atoms with Crippen LogP contribution in [0.4, 0.5) is 4.39 Å². The van der Waals surface area contributed by atoms with Crippen LogP contribution in [0.3, 0.4) is 0 Å². The zero-order valence-corrected chi connectivity index (χ0v) is 19.2. The Bertz CT molecular complexity index is 1210. The van der Waals surface area contributed by atoms with Crippen LogP contribution in [0.15, 0.2) is 34.8 Å². The van der Waals surface area contributed by atoms with E-state index in [9.17, 15) is 21.2 Å². The zero-order chi connectivity index (χ0) is 23.0. The first-order valence-electron chi connectivity index (χ1n) is 8.90. The normalized spacial score (nSPS) is 15.6. The van der Waals surface area contributed by atoms with E-state index >= 15 is 0 Å². The van der Waals surface area contributed by atoms with Crippen molar-refractivity contribution in [2.24, 2.45) is 5.16 Å². The summed E-state index contributed by atoms with van der Waals surface area (Å²) in [6, 6.07) is 3.49. The number of nitrogens with zero attached hydrogens (tertiary/aromatic N) is 6. The van der Waals surface area contributed by atoms with Crippen molar-refractivity contribution in [2.45, 2.75) is 24.0 Å². The Kier molecular flexibility index (Phi) is 6.67. The molecule has 0 radical (unpaired) electrons. The highest BCUT2D eigenvalue weighted by molar-refractivity contribution is 7.89. The van der Waals surface area contributed by atoms with Crippen LogP contribution in [0.2, 0.25) is 5.02 Å². The third-order valence-corrected chi connectivity index (χ3v) is 7.89. The largest absolute Gasteiger partial charge is 0.399 e. The van der Waals surface area contributed by atoms with Gasteiger partial charge in [0.1, 0.15) is 25.0 Å². The molecule has 1 fully saturated rings. The fraction of sp³-hybridized carbons (Fsp3) is 0.438.